The lowest BCUT2D eigenvalue weighted by Gasteiger charge is -2.12. The molecule has 0 amide bonds. The molecule has 0 aliphatic carbocycles. The van der Waals surface area contributed by atoms with Crippen LogP contribution in [0, 0.1) is 17.6 Å². The lowest BCUT2D eigenvalue weighted by Crippen LogP contribution is -2.13. The van der Waals surface area contributed by atoms with E-state index in [4.69, 9.17) is 0 Å². The molecule has 0 unspecified atom stereocenters. The number of nitrogens with zero attached hydrogens (tertiary/aromatic N) is 3. The van der Waals surface area contributed by atoms with E-state index in [1.807, 2.05) is 13.8 Å². The molecule has 1 N–H and O–H groups in total. The number of aliphatic hydroxyl groups is 1. The molecule has 2 aromatic rings. The predicted molar refractivity (Wildman–Crippen MR) is 69.9 cm³/mol. The molecule has 6 heteroatoms. The Morgan fingerprint density at radius 3 is 2.50 bits per heavy atom. The first-order valence-corrected chi connectivity index (χ1v) is 6.47. The maximum Gasteiger partial charge on any atom is 0.158 e. The first-order chi connectivity index (χ1) is 9.51. The first-order valence-electron chi connectivity index (χ1n) is 6.47. The van der Waals surface area contributed by atoms with Gasteiger partial charge < -0.3 is 9.67 Å². The molecule has 1 aromatic heterocycles. The van der Waals surface area contributed by atoms with Gasteiger partial charge in [0, 0.05) is 19.0 Å². The summed E-state index contributed by atoms with van der Waals surface area (Å²) in [6.45, 7) is 4.49. The van der Waals surface area contributed by atoms with Gasteiger partial charge in [-0.2, -0.15) is 0 Å². The Balaban J connectivity index is 2.30. The van der Waals surface area contributed by atoms with Crippen molar-refractivity contribution in [2.24, 2.45) is 5.92 Å². The molecule has 0 bridgehead atoms. The van der Waals surface area contributed by atoms with Crippen molar-refractivity contribution in [3.63, 3.8) is 0 Å². The molecule has 1 heterocycles. The first kappa shape index (κ1) is 14.6. The second kappa shape index (κ2) is 6.09. The van der Waals surface area contributed by atoms with Crippen LogP contribution in [0.5, 0.6) is 0 Å². The number of halogens is 2. The zero-order chi connectivity index (χ0) is 14.7. The fraction of sp³-hybridized carbons (Fsp3) is 0.429. The van der Waals surface area contributed by atoms with Crippen molar-refractivity contribution < 1.29 is 13.9 Å². The highest BCUT2D eigenvalue weighted by molar-refractivity contribution is 5.22. The second-order valence-corrected chi connectivity index (χ2v) is 5.11. The molecule has 108 valence electrons. The lowest BCUT2D eigenvalue weighted by molar-refractivity contribution is 0.261. The van der Waals surface area contributed by atoms with Crippen LogP contribution in [0.3, 0.4) is 0 Å². The summed E-state index contributed by atoms with van der Waals surface area (Å²) < 4.78 is 28.3. The van der Waals surface area contributed by atoms with Gasteiger partial charge in [-0.25, -0.2) is 8.78 Å². The minimum absolute atomic E-state index is 0.214. The van der Waals surface area contributed by atoms with Gasteiger partial charge in [-0.05, 0) is 17.5 Å². The average molecular weight is 281 g/mol. The van der Waals surface area contributed by atoms with Gasteiger partial charge >= 0.3 is 0 Å². The Hall–Kier alpha value is -1.82. The van der Waals surface area contributed by atoms with Crippen LogP contribution in [0.2, 0.25) is 0 Å². The van der Waals surface area contributed by atoms with Crippen LogP contribution in [0.25, 0.3) is 0 Å². The van der Waals surface area contributed by atoms with Crippen molar-refractivity contribution in [1.29, 1.82) is 0 Å². The SMILES string of the molecule is CC(C)Cn1c(CO)nnc1Cc1ccc(F)cc1F. The number of hydrogen-bond donors (Lipinski definition) is 1. The summed E-state index contributed by atoms with van der Waals surface area (Å²) in [5.74, 6) is 0.151. The fourth-order valence-electron chi connectivity index (χ4n) is 2.03. The van der Waals surface area contributed by atoms with Crippen molar-refractivity contribution in [2.75, 3.05) is 0 Å². The number of aromatic nitrogens is 3. The molecule has 1 aromatic carbocycles. The Bertz CT molecular complexity index is 596. The van der Waals surface area contributed by atoms with Gasteiger partial charge in [0.25, 0.3) is 0 Å². The summed E-state index contributed by atoms with van der Waals surface area (Å²) in [5, 5.41) is 17.1. The van der Waals surface area contributed by atoms with E-state index in [2.05, 4.69) is 10.2 Å². The Kier molecular flexibility index (Phi) is 4.44. The second-order valence-electron chi connectivity index (χ2n) is 5.11. The number of benzene rings is 1. The molecule has 0 saturated carbocycles. The third kappa shape index (κ3) is 3.19. The number of rotatable bonds is 5. The van der Waals surface area contributed by atoms with Crippen LogP contribution in [-0.2, 0) is 19.6 Å². The van der Waals surface area contributed by atoms with E-state index in [1.54, 1.807) is 4.57 Å². The fourth-order valence-corrected chi connectivity index (χ4v) is 2.03. The molecule has 0 atom stereocenters. The minimum Gasteiger partial charge on any atom is -0.388 e. The molecule has 0 saturated heterocycles. The minimum atomic E-state index is -0.606. The summed E-state index contributed by atoms with van der Waals surface area (Å²) in [6.07, 6.45) is 0.214. The molecule has 4 nitrogen and oxygen atoms in total. The third-order valence-electron chi connectivity index (χ3n) is 2.96. The monoisotopic (exact) mass is 281 g/mol. The molecule has 20 heavy (non-hydrogen) atoms. The number of aliphatic hydroxyl groups excluding tert-OH is 1. The highest BCUT2D eigenvalue weighted by atomic mass is 19.1. The normalized spacial score (nSPS) is 11.3. The van der Waals surface area contributed by atoms with Gasteiger partial charge in [0.15, 0.2) is 5.82 Å². The van der Waals surface area contributed by atoms with Gasteiger partial charge in [-0.1, -0.05) is 19.9 Å². The van der Waals surface area contributed by atoms with Gasteiger partial charge in [0.1, 0.15) is 24.1 Å². The summed E-state index contributed by atoms with van der Waals surface area (Å²) in [5.41, 5.74) is 0.355. The van der Waals surface area contributed by atoms with Gasteiger partial charge in [-0.15, -0.1) is 10.2 Å². The van der Waals surface area contributed by atoms with Gasteiger partial charge in [0.05, 0.1) is 0 Å². The molecule has 0 spiro atoms. The Labute approximate surface area is 116 Å². The zero-order valence-electron chi connectivity index (χ0n) is 11.5. The van der Waals surface area contributed by atoms with E-state index in [0.29, 0.717) is 29.7 Å². The molecule has 0 fully saturated rings. The standard InChI is InChI=1S/C14H17F2N3O/c1-9(2)7-19-13(17-18-14(19)8-20)5-10-3-4-11(15)6-12(10)16/h3-4,6,9,20H,5,7-8H2,1-2H3. The predicted octanol–water partition coefficient (Wildman–Crippen LogP) is 2.30. The van der Waals surface area contributed by atoms with E-state index in [0.717, 1.165) is 6.07 Å². The Morgan fingerprint density at radius 1 is 1.20 bits per heavy atom. The van der Waals surface area contributed by atoms with Crippen LogP contribution in [-0.4, -0.2) is 19.9 Å². The maximum atomic E-state index is 13.7. The van der Waals surface area contributed by atoms with Crippen molar-refractivity contribution in [1.82, 2.24) is 14.8 Å². The van der Waals surface area contributed by atoms with E-state index in [1.165, 1.54) is 12.1 Å². The summed E-state index contributed by atoms with van der Waals surface area (Å²) in [6, 6.07) is 3.47. The third-order valence-corrected chi connectivity index (χ3v) is 2.96. The van der Waals surface area contributed by atoms with Gasteiger partial charge in [-0.3, -0.25) is 0 Å². The van der Waals surface area contributed by atoms with Crippen LogP contribution in [0.15, 0.2) is 18.2 Å². The largest absolute Gasteiger partial charge is 0.388 e. The molecule has 0 aliphatic heterocycles. The summed E-state index contributed by atoms with van der Waals surface area (Å²) in [7, 11) is 0. The van der Waals surface area contributed by atoms with Crippen LogP contribution in [0.4, 0.5) is 8.78 Å². The molecule has 2 rings (SSSR count). The highest BCUT2D eigenvalue weighted by Crippen LogP contribution is 2.15. The Morgan fingerprint density at radius 2 is 1.90 bits per heavy atom. The maximum absolute atomic E-state index is 13.7. The smallest absolute Gasteiger partial charge is 0.158 e. The highest BCUT2D eigenvalue weighted by Gasteiger charge is 2.15. The van der Waals surface area contributed by atoms with Gasteiger partial charge in [0.2, 0.25) is 0 Å². The summed E-state index contributed by atoms with van der Waals surface area (Å²) >= 11 is 0. The van der Waals surface area contributed by atoms with E-state index < -0.39 is 11.6 Å². The molecule has 0 radical (unpaired) electrons. The topological polar surface area (TPSA) is 50.9 Å². The quantitative estimate of drug-likeness (QED) is 0.915. The molecular formula is C14H17F2N3O. The van der Waals surface area contributed by atoms with E-state index >= 15 is 0 Å². The van der Waals surface area contributed by atoms with Crippen LogP contribution in [0.1, 0.15) is 31.1 Å². The number of hydrogen-bond acceptors (Lipinski definition) is 3. The molecule has 0 aliphatic rings. The van der Waals surface area contributed by atoms with E-state index in [-0.39, 0.29) is 13.0 Å². The summed E-state index contributed by atoms with van der Waals surface area (Å²) in [4.78, 5) is 0. The van der Waals surface area contributed by atoms with Crippen molar-refractivity contribution >= 4 is 0 Å². The van der Waals surface area contributed by atoms with Crippen LogP contribution >= 0.6 is 0 Å². The van der Waals surface area contributed by atoms with Crippen LogP contribution < -0.4 is 0 Å². The zero-order valence-corrected chi connectivity index (χ0v) is 11.5. The average Bonchev–Trinajstić information content (AvgIpc) is 2.74. The lowest BCUT2D eigenvalue weighted by atomic mass is 10.1. The molecular weight excluding hydrogens is 264 g/mol. The van der Waals surface area contributed by atoms with Crippen molar-refractivity contribution in [3.8, 4) is 0 Å². The van der Waals surface area contributed by atoms with Crippen molar-refractivity contribution in [3.05, 3.63) is 47.0 Å². The van der Waals surface area contributed by atoms with Crippen molar-refractivity contribution in [2.45, 2.75) is 33.4 Å². The van der Waals surface area contributed by atoms with E-state index in [9.17, 15) is 13.9 Å².